The number of carbonyl (C=O) groups excluding carboxylic acids is 2. The van der Waals surface area contributed by atoms with Gasteiger partial charge >= 0.3 is 0 Å². The summed E-state index contributed by atoms with van der Waals surface area (Å²) in [5.41, 5.74) is 2.00. The first-order valence-corrected chi connectivity index (χ1v) is 10.8. The zero-order valence-electron chi connectivity index (χ0n) is 15.5. The second kappa shape index (κ2) is 10.3. The highest BCUT2D eigenvalue weighted by molar-refractivity contribution is 8.01. The largest absolute Gasteiger partial charge is 0.497 e. The summed E-state index contributed by atoms with van der Waals surface area (Å²) in [5, 5.41) is 7.99. The number of hydrogen-bond acceptors (Lipinski definition) is 6. The third-order valence-electron chi connectivity index (χ3n) is 3.68. The molecule has 0 radical (unpaired) electrons. The number of thiazole rings is 1. The summed E-state index contributed by atoms with van der Waals surface area (Å²) in [5.74, 6) is 0.655. The topological polar surface area (TPSA) is 80.3 Å². The Kier molecular flexibility index (Phi) is 7.51. The molecule has 0 aliphatic heterocycles. The van der Waals surface area contributed by atoms with Crippen LogP contribution in [0.15, 0.2) is 58.3 Å². The van der Waals surface area contributed by atoms with Crippen LogP contribution in [0.3, 0.4) is 0 Å². The van der Waals surface area contributed by atoms with Crippen LogP contribution in [-0.4, -0.2) is 29.7 Å². The van der Waals surface area contributed by atoms with Crippen LogP contribution in [0.25, 0.3) is 0 Å². The van der Waals surface area contributed by atoms with Gasteiger partial charge in [0.05, 0.1) is 25.0 Å². The lowest BCUT2D eigenvalue weighted by Crippen LogP contribution is -2.14. The summed E-state index contributed by atoms with van der Waals surface area (Å²) in [7, 11) is 1.59. The van der Waals surface area contributed by atoms with E-state index in [0.29, 0.717) is 22.1 Å². The number of aromatic nitrogens is 1. The van der Waals surface area contributed by atoms with Crippen LogP contribution in [0.4, 0.5) is 11.4 Å². The molecule has 0 aliphatic carbocycles. The van der Waals surface area contributed by atoms with Crippen LogP contribution in [-0.2, 0) is 16.0 Å². The molecular weight excluding hydrogens is 430 g/mol. The van der Waals surface area contributed by atoms with Gasteiger partial charge in [0, 0.05) is 21.8 Å². The van der Waals surface area contributed by atoms with Crippen LogP contribution in [0, 0.1) is 0 Å². The van der Waals surface area contributed by atoms with Crippen molar-refractivity contribution in [3.8, 4) is 5.75 Å². The summed E-state index contributed by atoms with van der Waals surface area (Å²) < 4.78 is 5.83. The molecule has 3 aromatic rings. The fraction of sp³-hybridized carbons (Fsp3) is 0.150. The van der Waals surface area contributed by atoms with E-state index in [1.54, 1.807) is 55.6 Å². The van der Waals surface area contributed by atoms with Gasteiger partial charge in [-0.2, -0.15) is 0 Å². The van der Waals surface area contributed by atoms with Crippen molar-refractivity contribution < 1.29 is 14.3 Å². The molecular formula is C20H18ClN3O3S2. The highest BCUT2D eigenvalue weighted by Gasteiger charge is 2.11. The maximum atomic E-state index is 12.1. The van der Waals surface area contributed by atoms with Gasteiger partial charge < -0.3 is 15.4 Å². The molecule has 0 atom stereocenters. The Morgan fingerprint density at radius 2 is 1.86 bits per heavy atom. The molecule has 9 heteroatoms. The molecule has 150 valence electrons. The van der Waals surface area contributed by atoms with Crippen LogP contribution in [0.5, 0.6) is 5.75 Å². The predicted molar refractivity (Wildman–Crippen MR) is 118 cm³/mol. The van der Waals surface area contributed by atoms with Crippen LogP contribution in [0.2, 0.25) is 5.02 Å². The number of nitrogens with one attached hydrogen (secondary N) is 2. The maximum Gasteiger partial charge on any atom is 0.234 e. The number of nitrogens with zero attached hydrogens (tertiary/aromatic N) is 1. The minimum absolute atomic E-state index is 0.129. The number of hydrogen-bond donors (Lipinski definition) is 2. The van der Waals surface area contributed by atoms with E-state index in [1.165, 1.54) is 23.1 Å². The Bertz CT molecular complexity index is 993. The van der Waals surface area contributed by atoms with Crippen molar-refractivity contribution in [2.24, 2.45) is 0 Å². The van der Waals surface area contributed by atoms with Crippen molar-refractivity contribution in [2.45, 2.75) is 10.8 Å². The van der Waals surface area contributed by atoms with Crippen molar-refractivity contribution in [3.05, 3.63) is 64.6 Å². The Labute approximate surface area is 181 Å². The predicted octanol–water partition coefficient (Wildman–Crippen LogP) is 4.72. The molecule has 2 N–H and O–H groups in total. The summed E-state index contributed by atoms with van der Waals surface area (Å²) in [6.07, 6.45) is 0.154. The van der Waals surface area contributed by atoms with E-state index in [1.807, 2.05) is 5.38 Å². The zero-order valence-corrected chi connectivity index (χ0v) is 17.9. The first kappa shape index (κ1) is 21.2. The first-order chi connectivity index (χ1) is 14.0. The molecule has 0 saturated carbocycles. The number of thioether (sulfide) groups is 1. The Morgan fingerprint density at radius 3 is 2.59 bits per heavy atom. The van der Waals surface area contributed by atoms with Gasteiger partial charge in [0.25, 0.3) is 0 Å². The molecule has 2 amide bonds. The average Bonchev–Trinajstić information content (AvgIpc) is 3.14. The van der Waals surface area contributed by atoms with E-state index < -0.39 is 0 Å². The van der Waals surface area contributed by atoms with Crippen molar-refractivity contribution in [2.75, 3.05) is 23.5 Å². The van der Waals surface area contributed by atoms with Crippen LogP contribution >= 0.6 is 34.7 Å². The number of amides is 2. The van der Waals surface area contributed by atoms with Gasteiger partial charge in [0.15, 0.2) is 4.34 Å². The molecule has 3 rings (SSSR count). The quantitative estimate of drug-likeness (QED) is 0.488. The molecule has 0 bridgehead atoms. The molecule has 6 nitrogen and oxygen atoms in total. The second-order valence-corrected chi connectivity index (χ2v) is 8.42. The zero-order chi connectivity index (χ0) is 20.6. The van der Waals surface area contributed by atoms with Crippen LogP contribution < -0.4 is 15.4 Å². The molecule has 1 heterocycles. The smallest absolute Gasteiger partial charge is 0.234 e. The first-order valence-electron chi connectivity index (χ1n) is 8.58. The van der Waals surface area contributed by atoms with Gasteiger partial charge in [0.2, 0.25) is 11.8 Å². The van der Waals surface area contributed by atoms with Crippen molar-refractivity contribution in [3.63, 3.8) is 0 Å². The van der Waals surface area contributed by atoms with Crippen molar-refractivity contribution in [1.82, 2.24) is 4.98 Å². The minimum Gasteiger partial charge on any atom is -0.497 e. The minimum atomic E-state index is -0.175. The van der Waals surface area contributed by atoms with E-state index >= 15 is 0 Å². The number of methoxy groups -OCH3 is 1. The number of ether oxygens (including phenoxy) is 1. The van der Waals surface area contributed by atoms with E-state index in [4.69, 9.17) is 16.3 Å². The summed E-state index contributed by atoms with van der Waals surface area (Å²) in [6.45, 7) is 0. The molecule has 0 spiro atoms. The summed E-state index contributed by atoms with van der Waals surface area (Å²) in [4.78, 5) is 28.7. The molecule has 2 aromatic carbocycles. The van der Waals surface area contributed by atoms with Gasteiger partial charge in [-0.15, -0.1) is 11.3 Å². The van der Waals surface area contributed by atoms with Gasteiger partial charge in [-0.25, -0.2) is 4.98 Å². The third-order valence-corrected chi connectivity index (χ3v) is 5.99. The van der Waals surface area contributed by atoms with Gasteiger partial charge in [-0.1, -0.05) is 29.4 Å². The normalized spacial score (nSPS) is 10.4. The Morgan fingerprint density at radius 1 is 1.10 bits per heavy atom. The lowest BCUT2D eigenvalue weighted by atomic mass is 10.3. The molecule has 29 heavy (non-hydrogen) atoms. The summed E-state index contributed by atoms with van der Waals surface area (Å²) >= 11 is 8.65. The number of rotatable bonds is 8. The lowest BCUT2D eigenvalue weighted by molar-refractivity contribution is -0.116. The highest BCUT2D eigenvalue weighted by atomic mass is 35.5. The standard InChI is InChI=1S/C20H18ClN3O3S2/c1-27-17-7-5-14(6-8-17)22-19(26)12-29-20-24-16(11-28-20)10-18(25)23-15-4-2-3-13(21)9-15/h2-9,11H,10,12H2,1H3,(H,22,26)(H,23,25). The average molecular weight is 448 g/mol. The number of carbonyl (C=O) groups is 2. The monoisotopic (exact) mass is 447 g/mol. The lowest BCUT2D eigenvalue weighted by Gasteiger charge is -2.05. The van der Waals surface area contributed by atoms with E-state index in [9.17, 15) is 9.59 Å². The SMILES string of the molecule is COc1ccc(NC(=O)CSc2nc(CC(=O)Nc3cccc(Cl)c3)cs2)cc1. The van der Waals surface area contributed by atoms with Gasteiger partial charge in [-0.3, -0.25) is 9.59 Å². The van der Waals surface area contributed by atoms with Crippen LogP contribution in [0.1, 0.15) is 5.69 Å². The molecule has 1 aromatic heterocycles. The molecule has 0 saturated heterocycles. The van der Waals surface area contributed by atoms with Crippen molar-refractivity contribution in [1.29, 1.82) is 0 Å². The maximum absolute atomic E-state index is 12.1. The fourth-order valence-electron chi connectivity index (χ4n) is 2.37. The molecule has 0 unspecified atom stereocenters. The summed E-state index contributed by atoms with van der Waals surface area (Å²) in [6, 6.07) is 14.1. The van der Waals surface area contributed by atoms with Gasteiger partial charge in [0.1, 0.15) is 5.75 Å². The number of halogens is 1. The molecule has 0 fully saturated rings. The number of anilines is 2. The van der Waals surface area contributed by atoms with E-state index in [0.717, 1.165) is 10.1 Å². The van der Waals surface area contributed by atoms with Crippen molar-refractivity contribution >= 4 is 57.9 Å². The number of benzene rings is 2. The van der Waals surface area contributed by atoms with E-state index in [2.05, 4.69) is 15.6 Å². The highest BCUT2D eigenvalue weighted by Crippen LogP contribution is 2.24. The molecule has 0 aliphatic rings. The third kappa shape index (κ3) is 6.77. The Balaban J connectivity index is 1.45. The van der Waals surface area contributed by atoms with E-state index in [-0.39, 0.29) is 24.0 Å². The fourth-order valence-corrected chi connectivity index (χ4v) is 4.21. The van der Waals surface area contributed by atoms with Gasteiger partial charge in [-0.05, 0) is 42.5 Å². The second-order valence-electron chi connectivity index (χ2n) is 5.91. The Hall–Kier alpha value is -2.55.